The molecule has 1 unspecified atom stereocenters. The fourth-order valence-corrected chi connectivity index (χ4v) is 7.24. The van der Waals surface area contributed by atoms with Crippen LogP contribution in [0.1, 0.15) is 60.3 Å². The zero-order valence-corrected chi connectivity index (χ0v) is 27.2. The minimum absolute atomic E-state index is 0.0898. The number of carbonyl (C=O) groups is 2. The maximum absolute atomic E-state index is 13.8. The van der Waals surface area contributed by atoms with Crippen LogP contribution in [0.2, 0.25) is 0 Å². The SMILES string of the molecule is CCCCCOc1cccc(C2/C(=C(\O)c3nc4c(C)cccn4c3C)C(=O)C(=O)N2c2nnc(SCc3ccc(F)cc3)s2)c1. The largest absolute Gasteiger partial charge is 0.505 e. The number of hydrogen-bond acceptors (Lipinski definition) is 9. The van der Waals surface area contributed by atoms with Gasteiger partial charge in [-0.05, 0) is 67.3 Å². The number of Topliss-reactive ketones (excluding diaryl/α,β-unsaturated/α-hetero) is 1. The van der Waals surface area contributed by atoms with Crippen molar-refractivity contribution in [3.05, 3.63) is 106 Å². The molecule has 4 heterocycles. The summed E-state index contributed by atoms with van der Waals surface area (Å²) >= 11 is 2.55. The highest BCUT2D eigenvalue weighted by atomic mass is 32.2. The Morgan fingerprint density at radius 1 is 1.07 bits per heavy atom. The minimum Gasteiger partial charge on any atom is -0.505 e. The number of aliphatic hydroxyl groups excluding tert-OH is 1. The van der Waals surface area contributed by atoms with E-state index in [4.69, 9.17) is 4.74 Å². The Kier molecular flexibility index (Phi) is 9.18. The van der Waals surface area contributed by atoms with E-state index in [0.29, 0.717) is 39.4 Å². The van der Waals surface area contributed by atoms with E-state index in [9.17, 15) is 19.1 Å². The van der Waals surface area contributed by atoms with Crippen LogP contribution in [-0.2, 0) is 15.3 Å². The van der Waals surface area contributed by atoms with Crippen LogP contribution in [0.15, 0.2) is 76.8 Å². The van der Waals surface area contributed by atoms with Gasteiger partial charge in [0.1, 0.15) is 22.9 Å². The van der Waals surface area contributed by atoms with Gasteiger partial charge >= 0.3 is 5.91 Å². The number of ketones is 1. The third-order valence-electron chi connectivity index (χ3n) is 7.82. The predicted octanol–water partition coefficient (Wildman–Crippen LogP) is 7.43. The molecule has 236 valence electrons. The molecule has 1 aliphatic heterocycles. The number of ether oxygens (including phenoxy) is 1. The number of aliphatic hydroxyl groups is 1. The summed E-state index contributed by atoms with van der Waals surface area (Å²) in [5.74, 6) is -1.25. The molecule has 1 saturated heterocycles. The normalized spacial score (nSPS) is 16.1. The standard InChI is InChI=1S/C34H32FN5O4S2/c1-4-5-6-17-44-25-11-7-10-23(18-25)28-26(29(41)27-21(3)39-16-8-9-20(2)31(39)36-27)30(42)32(43)40(28)33-37-38-34(46-33)45-19-22-12-14-24(35)15-13-22/h7-16,18,28,41H,4-6,17,19H2,1-3H3/b29-26+. The molecule has 2 aromatic carbocycles. The van der Waals surface area contributed by atoms with Crippen LogP contribution in [0.25, 0.3) is 11.4 Å². The van der Waals surface area contributed by atoms with Crippen LogP contribution >= 0.6 is 23.1 Å². The number of amides is 1. The first-order valence-corrected chi connectivity index (χ1v) is 16.8. The van der Waals surface area contributed by atoms with Crippen molar-refractivity contribution in [2.24, 2.45) is 0 Å². The maximum atomic E-state index is 13.8. The number of aromatic nitrogens is 4. The Hall–Kier alpha value is -4.55. The quantitative estimate of drug-likeness (QED) is 0.0390. The van der Waals surface area contributed by atoms with E-state index in [-0.39, 0.29) is 28.0 Å². The summed E-state index contributed by atoms with van der Waals surface area (Å²) in [6.45, 7) is 6.37. The molecule has 1 atom stereocenters. The summed E-state index contributed by atoms with van der Waals surface area (Å²) in [6, 6.07) is 16.2. The van der Waals surface area contributed by atoms with Gasteiger partial charge in [0.25, 0.3) is 5.78 Å². The molecular formula is C34H32FN5O4S2. The van der Waals surface area contributed by atoms with Gasteiger partial charge in [-0.3, -0.25) is 14.5 Å². The van der Waals surface area contributed by atoms with Crippen LogP contribution in [0, 0.1) is 19.7 Å². The van der Waals surface area contributed by atoms with Crippen molar-refractivity contribution < 1.29 is 23.8 Å². The van der Waals surface area contributed by atoms with Crippen molar-refractivity contribution in [2.75, 3.05) is 11.5 Å². The number of benzene rings is 2. The molecule has 12 heteroatoms. The van der Waals surface area contributed by atoms with Crippen molar-refractivity contribution >= 4 is 51.3 Å². The second kappa shape index (κ2) is 13.4. The molecule has 0 spiro atoms. The van der Waals surface area contributed by atoms with E-state index in [1.165, 1.54) is 28.8 Å². The van der Waals surface area contributed by atoms with Crippen LogP contribution < -0.4 is 9.64 Å². The van der Waals surface area contributed by atoms with Gasteiger partial charge < -0.3 is 14.2 Å². The maximum Gasteiger partial charge on any atom is 0.301 e. The molecule has 3 aromatic heterocycles. The van der Waals surface area contributed by atoms with Gasteiger partial charge in [-0.1, -0.05) is 73.2 Å². The van der Waals surface area contributed by atoms with E-state index in [0.717, 1.165) is 41.7 Å². The first-order valence-electron chi connectivity index (χ1n) is 15.0. The number of imidazole rings is 1. The van der Waals surface area contributed by atoms with Crippen molar-refractivity contribution in [3.63, 3.8) is 0 Å². The number of fused-ring (bicyclic) bond motifs is 1. The molecule has 6 rings (SSSR count). The number of anilines is 1. The van der Waals surface area contributed by atoms with Gasteiger partial charge in [-0.25, -0.2) is 9.37 Å². The second-order valence-electron chi connectivity index (χ2n) is 11.0. The Bertz CT molecular complexity index is 1950. The van der Waals surface area contributed by atoms with Crippen LogP contribution in [-0.4, -0.2) is 43.0 Å². The molecule has 1 fully saturated rings. The summed E-state index contributed by atoms with van der Waals surface area (Å²) in [5.41, 5.74) is 3.77. The van der Waals surface area contributed by atoms with Crippen molar-refractivity contribution in [2.45, 2.75) is 56.2 Å². The molecule has 1 aliphatic rings. The van der Waals surface area contributed by atoms with Gasteiger partial charge in [0.2, 0.25) is 5.13 Å². The molecule has 0 saturated carbocycles. The highest BCUT2D eigenvalue weighted by Gasteiger charge is 2.49. The van der Waals surface area contributed by atoms with E-state index in [2.05, 4.69) is 22.1 Å². The molecule has 46 heavy (non-hydrogen) atoms. The fraction of sp³-hybridized carbons (Fsp3) is 0.265. The van der Waals surface area contributed by atoms with Crippen molar-refractivity contribution in [1.29, 1.82) is 0 Å². The van der Waals surface area contributed by atoms with Gasteiger partial charge in [0.15, 0.2) is 10.1 Å². The van der Waals surface area contributed by atoms with Gasteiger partial charge in [0, 0.05) is 11.9 Å². The first-order chi connectivity index (χ1) is 22.3. The number of hydrogen-bond donors (Lipinski definition) is 1. The second-order valence-corrected chi connectivity index (χ2v) is 13.2. The topological polar surface area (TPSA) is 110 Å². The summed E-state index contributed by atoms with van der Waals surface area (Å²) in [7, 11) is 0. The minimum atomic E-state index is -1.01. The van der Waals surface area contributed by atoms with E-state index in [1.807, 2.05) is 35.7 Å². The predicted molar refractivity (Wildman–Crippen MR) is 177 cm³/mol. The number of pyridine rings is 1. The molecule has 1 N–H and O–H groups in total. The lowest BCUT2D eigenvalue weighted by molar-refractivity contribution is -0.132. The van der Waals surface area contributed by atoms with Crippen molar-refractivity contribution in [1.82, 2.24) is 19.6 Å². The van der Waals surface area contributed by atoms with Gasteiger partial charge in [0.05, 0.1) is 23.9 Å². The average Bonchev–Trinajstić information content (AvgIpc) is 3.74. The van der Waals surface area contributed by atoms with Crippen LogP contribution in [0.3, 0.4) is 0 Å². The highest BCUT2D eigenvalue weighted by molar-refractivity contribution is 8.00. The van der Waals surface area contributed by atoms with Gasteiger partial charge in [-0.2, -0.15) is 0 Å². The lowest BCUT2D eigenvalue weighted by Crippen LogP contribution is -2.29. The Labute approximate surface area is 273 Å². The lowest BCUT2D eigenvalue weighted by atomic mass is 9.96. The van der Waals surface area contributed by atoms with Gasteiger partial charge in [-0.15, -0.1) is 10.2 Å². The van der Waals surface area contributed by atoms with E-state index >= 15 is 0 Å². The number of rotatable bonds is 11. The Morgan fingerprint density at radius 3 is 2.63 bits per heavy atom. The highest BCUT2D eigenvalue weighted by Crippen LogP contribution is 2.45. The number of thioether (sulfide) groups is 1. The fourth-order valence-electron chi connectivity index (χ4n) is 5.42. The summed E-state index contributed by atoms with van der Waals surface area (Å²) in [4.78, 5) is 33.5. The number of aryl methyl sites for hydroxylation is 2. The molecular weight excluding hydrogens is 626 g/mol. The lowest BCUT2D eigenvalue weighted by Gasteiger charge is -2.23. The molecule has 1 amide bonds. The van der Waals surface area contributed by atoms with Crippen molar-refractivity contribution in [3.8, 4) is 5.75 Å². The molecule has 0 aliphatic carbocycles. The summed E-state index contributed by atoms with van der Waals surface area (Å²) in [6.07, 6.45) is 4.83. The summed E-state index contributed by atoms with van der Waals surface area (Å²) in [5, 5.41) is 20.6. The Balaban J connectivity index is 1.41. The van der Waals surface area contributed by atoms with Crippen LogP contribution in [0.5, 0.6) is 5.75 Å². The smallest absolute Gasteiger partial charge is 0.301 e. The monoisotopic (exact) mass is 657 g/mol. The zero-order chi connectivity index (χ0) is 32.4. The molecule has 0 radical (unpaired) electrons. The molecule has 9 nitrogen and oxygen atoms in total. The first kappa shape index (κ1) is 31.4. The number of carbonyl (C=O) groups excluding carboxylic acids is 2. The Morgan fingerprint density at radius 2 is 1.87 bits per heavy atom. The van der Waals surface area contributed by atoms with Crippen LogP contribution in [0.4, 0.5) is 9.52 Å². The average molecular weight is 658 g/mol. The summed E-state index contributed by atoms with van der Waals surface area (Å²) < 4.78 is 21.8. The van der Waals surface area contributed by atoms with E-state index < -0.39 is 17.7 Å². The van der Waals surface area contributed by atoms with E-state index in [1.54, 1.807) is 37.3 Å². The third-order valence-corrected chi connectivity index (χ3v) is 9.95. The zero-order valence-electron chi connectivity index (χ0n) is 25.6. The number of nitrogens with zero attached hydrogens (tertiary/aromatic N) is 5. The number of halogens is 1. The number of unbranched alkanes of at least 4 members (excludes halogenated alkanes) is 2. The molecule has 5 aromatic rings. The third kappa shape index (κ3) is 6.14. The molecule has 0 bridgehead atoms.